The Bertz CT molecular complexity index is 381. The molecule has 15 heavy (non-hydrogen) atoms. The molecule has 0 radical (unpaired) electrons. The second kappa shape index (κ2) is 3.12. The van der Waals surface area contributed by atoms with E-state index < -0.39 is 28.5 Å². The van der Waals surface area contributed by atoms with E-state index in [1.807, 2.05) is 0 Å². The molecule has 0 aliphatic heterocycles. The third kappa shape index (κ3) is 1.23. The van der Waals surface area contributed by atoms with Crippen LogP contribution in [0.4, 0.5) is 0 Å². The van der Waals surface area contributed by atoms with Crippen molar-refractivity contribution in [3.63, 3.8) is 0 Å². The third-order valence-electron chi connectivity index (χ3n) is 3.11. The molecule has 0 saturated carbocycles. The van der Waals surface area contributed by atoms with Crippen LogP contribution in [0.1, 0.15) is 13.8 Å². The van der Waals surface area contributed by atoms with Gasteiger partial charge in [0.05, 0.1) is 0 Å². The van der Waals surface area contributed by atoms with Gasteiger partial charge in [0.15, 0.2) is 0 Å². The Morgan fingerprint density at radius 2 is 1.73 bits per heavy atom. The van der Waals surface area contributed by atoms with Gasteiger partial charge in [-0.25, -0.2) is 0 Å². The summed E-state index contributed by atoms with van der Waals surface area (Å²) in [4.78, 5) is 22.2. The molecular formula is C10H12O5. The fourth-order valence-corrected chi connectivity index (χ4v) is 1.55. The molecule has 1 aliphatic carbocycles. The summed E-state index contributed by atoms with van der Waals surface area (Å²) < 4.78 is 0. The molecule has 5 heteroatoms. The van der Waals surface area contributed by atoms with Gasteiger partial charge in [-0.3, -0.25) is 9.59 Å². The average molecular weight is 212 g/mol. The lowest BCUT2D eigenvalue weighted by Gasteiger charge is -2.39. The molecule has 0 aromatic heterocycles. The summed E-state index contributed by atoms with van der Waals surface area (Å²) in [5.41, 5.74) is -3.49. The number of hydrogen-bond acceptors (Lipinski definition) is 3. The van der Waals surface area contributed by atoms with E-state index in [-0.39, 0.29) is 0 Å². The van der Waals surface area contributed by atoms with Gasteiger partial charge in [-0.15, -0.1) is 0 Å². The van der Waals surface area contributed by atoms with Gasteiger partial charge in [-0.2, -0.15) is 0 Å². The molecule has 0 saturated heterocycles. The molecule has 0 aromatic rings. The van der Waals surface area contributed by atoms with E-state index in [1.165, 1.54) is 32.1 Å². The topological polar surface area (TPSA) is 94.8 Å². The zero-order valence-electron chi connectivity index (χ0n) is 8.39. The van der Waals surface area contributed by atoms with E-state index in [2.05, 4.69) is 0 Å². The minimum atomic E-state index is -1.84. The summed E-state index contributed by atoms with van der Waals surface area (Å²) in [5.74, 6) is -3.11. The first-order valence-corrected chi connectivity index (χ1v) is 4.32. The van der Waals surface area contributed by atoms with Crippen LogP contribution in [0, 0.1) is 10.8 Å². The Labute approximate surface area is 86.3 Å². The van der Waals surface area contributed by atoms with Crippen LogP contribution in [0.5, 0.6) is 0 Å². The summed E-state index contributed by atoms with van der Waals surface area (Å²) >= 11 is 0. The van der Waals surface area contributed by atoms with Gasteiger partial charge in [-0.1, -0.05) is 12.2 Å². The molecule has 1 rings (SSSR count). The number of aliphatic carboxylic acids is 2. The predicted molar refractivity (Wildman–Crippen MR) is 51.3 cm³/mol. The van der Waals surface area contributed by atoms with Crippen molar-refractivity contribution in [2.75, 3.05) is 0 Å². The van der Waals surface area contributed by atoms with Crippen molar-refractivity contribution in [2.45, 2.75) is 13.8 Å². The highest BCUT2D eigenvalue weighted by Crippen LogP contribution is 2.47. The zero-order chi connectivity index (χ0) is 11.9. The van der Waals surface area contributed by atoms with Crippen molar-refractivity contribution < 1.29 is 24.9 Å². The lowest BCUT2D eigenvalue weighted by atomic mass is 9.62. The fraction of sp³-hybridized carbons (Fsp3) is 0.400. The quantitative estimate of drug-likeness (QED) is 0.638. The summed E-state index contributed by atoms with van der Waals surface area (Å²) in [6.45, 7) is 2.46. The molecule has 0 bridgehead atoms. The van der Waals surface area contributed by atoms with Crippen molar-refractivity contribution >= 4 is 11.9 Å². The van der Waals surface area contributed by atoms with Gasteiger partial charge in [-0.05, 0) is 19.9 Å². The van der Waals surface area contributed by atoms with Crippen LogP contribution in [-0.2, 0) is 9.59 Å². The number of rotatable bonds is 2. The summed E-state index contributed by atoms with van der Waals surface area (Å²) in [5, 5.41) is 27.7. The highest BCUT2D eigenvalue weighted by Gasteiger charge is 2.58. The molecule has 82 valence electrons. The van der Waals surface area contributed by atoms with Crippen LogP contribution in [-0.4, -0.2) is 27.3 Å². The molecular weight excluding hydrogens is 200 g/mol. The fourth-order valence-electron chi connectivity index (χ4n) is 1.55. The minimum absolute atomic E-state index is 0.456. The Kier molecular flexibility index (Phi) is 2.35. The van der Waals surface area contributed by atoms with Crippen LogP contribution in [0.3, 0.4) is 0 Å². The zero-order valence-corrected chi connectivity index (χ0v) is 8.39. The molecule has 5 nitrogen and oxygen atoms in total. The highest BCUT2D eigenvalue weighted by atomic mass is 16.4. The molecule has 2 unspecified atom stereocenters. The smallest absolute Gasteiger partial charge is 0.318 e. The van der Waals surface area contributed by atoms with Crippen LogP contribution in [0.15, 0.2) is 24.0 Å². The molecule has 2 atom stereocenters. The van der Waals surface area contributed by atoms with Gasteiger partial charge in [0.1, 0.15) is 16.6 Å². The van der Waals surface area contributed by atoms with Crippen molar-refractivity contribution in [2.24, 2.45) is 10.8 Å². The molecule has 1 aliphatic rings. The minimum Gasteiger partial charge on any atom is -0.511 e. The first kappa shape index (κ1) is 11.3. The summed E-state index contributed by atoms with van der Waals surface area (Å²) in [7, 11) is 0. The van der Waals surface area contributed by atoms with Crippen molar-refractivity contribution in [1.82, 2.24) is 0 Å². The number of allylic oxidation sites excluding steroid dienone is 2. The lowest BCUT2D eigenvalue weighted by Crippen LogP contribution is -2.50. The number of carboxylic acid groups (broad SMARTS) is 2. The van der Waals surface area contributed by atoms with Gasteiger partial charge >= 0.3 is 11.9 Å². The van der Waals surface area contributed by atoms with E-state index in [1.54, 1.807) is 0 Å². The maximum absolute atomic E-state index is 11.1. The van der Waals surface area contributed by atoms with Crippen LogP contribution in [0.25, 0.3) is 0 Å². The number of hydrogen-bond donors (Lipinski definition) is 3. The number of carbonyl (C=O) groups is 2. The summed E-state index contributed by atoms with van der Waals surface area (Å²) in [6.07, 6.45) is 3.80. The number of aliphatic hydroxyl groups is 1. The third-order valence-corrected chi connectivity index (χ3v) is 3.11. The van der Waals surface area contributed by atoms with Crippen molar-refractivity contribution in [1.29, 1.82) is 0 Å². The van der Waals surface area contributed by atoms with E-state index in [4.69, 9.17) is 10.2 Å². The van der Waals surface area contributed by atoms with Gasteiger partial charge in [0, 0.05) is 0 Å². The average Bonchev–Trinajstić information content (AvgIpc) is 2.13. The normalized spacial score (nSPS) is 34.7. The van der Waals surface area contributed by atoms with Crippen molar-refractivity contribution in [3.05, 3.63) is 24.0 Å². The van der Waals surface area contributed by atoms with Crippen molar-refractivity contribution in [3.8, 4) is 0 Å². The lowest BCUT2D eigenvalue weighted by molar-refractivity contribution is -0.166. The Morgan fingerprint density at radius 1 is 1.20 bits per heavy atom. The molecule has 0 aromatic carbocycles. The Balaban J connectivity index is 3.43. The molecule has 0 amide bonds. The van der Waals surface area contributed by atoms with E-state index in [0.717, 1.165) is 0 Å². The highest BCUT2D eigenvalue weighted by molar-refractivity contribution is 5.90. The molecule has 0 heterocycles. The molecule has 0 fully saturated rings. The molecule has 0 spiro atoms. The predicted octanol–water partition coefficient (Wildman–Crippen LogP) is 1.18. The van der Waals surface area contributed by atoms with Gasteiger partial charge in [0.25, 0.3) is 0 Å². The Hall–Kier alpha value is -1.78. The van der Waals surface area contributed by atoms with E-state index in [0.29, 0.717) is 0 Å². The Morgan fingerprint density at radius 3 is 2.07 bits per heavy atom. The molecule has 3 N–H and O–H groups in total. The van der Waals surface area contributed by atoms with Crippen LogP contribution >= 0.6 is 0 Å². The second-order valence-corrected chi connectivity index (χ2v) is 3.85. The SMILES string of the molecule is CC1(C(=O)O)C=CC=C(O)C1(C)C(=O)O. The maximum atomic E-state index is 11.1. The largest absolute Gasteiger partial charge is 0.511 e. The number of aliphatic hydroxyl groups excluding tert-OH is 1. The maximum Gasteiger partial charge on any atom is 0.318 e. The van der Waals surface area contributed by atoms with Crippen LogP contribution < -0.4 is 0 Å². The van der Waals surface area contributed by atoms with Gasteiger partial charge in [0.2, 0.25) is 0 Å². The standard InChI is InChI=1S/C10H12O5/c1-9(7(12)13)5-3-4-6(11)10(9,2)8(14)15/h3-5,11H,1-2H3,(H,12,13)(H,14,15). The summed E-state index contributed by atoms with van der Waals surface area (Å²) in [6, 6.07) is 0. The van der Waals surface area contributed by atoms with E-state index >= 15 is 0 Å². The number of carboxylic acids is 2. The monoisotopic (exact) mass is 212 g/mol. The first-order chi connectivity index (χ1) is 6.76. The second-order valence-electron chi connectivity index (χ2n) is 3.85. The van der Waals surface area contributed by atoms with Gasteiger partial charge < -0.3 is 15.3 Å². The van der Waals surface area contributed by atoms with Crippen LogP contribution in [0.2, 0.25) is 0 Å². The van der Waals surface area contributed by atoms with E-state index in [9.17, 15) is 14.7 Å². The first-order valence-electron chi connectivity index (χ1n) is 4.32.